The molecule has 0 spiro atoms. The third-order valence-corrected chi connectivity index (χ3v) is 6.52. The fourth-order valence-corrected chi connectivity index (χ4v) is 4.88. The van der Waals surface area contributed by atoms with Crippen LogP contribution in [0.3, 0.4) is 0 Å². The summed E-state index contributed by atoms with van der Waals surface area (Å²) in [6, 6.07) is 11.8. The number of pyridine rings is 1. The number of benzene rings is 1. The number of nitrogens with zero attached hydrogens (tertiary/aromatic N) is 6. The van der Waals surface area contributed by atoms with Gasteiger partial charge in [-0.3, -0.25) is 0 Å². The van der Waals surface area contributed by atoms with Gasteiger partial charge in [-0.15, -0.1) is 0 Å². The Kier molecular flexibility index (Phi) is 4.69. The summed E-state index contributed by atoms with van der Waals surface area (Å²) in [6.07, 6.45) is 4.74. The Bertz CT molecular complexity index is 1490. The van der Waals surface area contributed by atoms with Crippen LogP contribution in [-0.4, -0.2) is 46.3 Å². The van der Waals surface area contributed by atoms with E-state index in [0.717, 1.165) is 59.9 Å². The quantitative estimate of drug-likeness (QED) is 0.443. The average molecular weight is 442 g/mol. The van der Waals surface area contributed by atoms with Gasteiger partial charge in [0.1, 0.15) is 11.5 Å². The van der Waals surface area contributed by atoms with Crippen LogP contribution < -0.4 is 15.0 Å². The molecule has 2 aliphatic heterocycles. The molecule has 0 N–H and O–H groups in total. The van der Waals surface area contributed by atoms with Crippen molar-refractivity contribution in [3.8, 4) is 0 Å². The molecule has 3 aromatic heterocycles. The third-order valence-electron chi connectivity index (χ3n) is 6.52. The van der Waals surface area contributed by atoms with Crippen LogP contribution in [0.25, 0.3) is 33.7 Å². The molecule has 0 bridgehead atoms. The predicted molar refractivity (Wildman–Crippen MR) is 127 cm³/mol. The summed E-state index contributed by atoms with van der Waals surface area (Å²) in [5.41, 5.74) is 3.10. The summed E-state index contributed by atoms with van der Waals surface area (Å²) >= 11 is 0. The second-order valence-corrected chi connectivity index (χ2v) is 8.83. The number of para-hydroxylation sites is 1. The van der Waals surface area contributed by atoms with E-state index in [2.05, 4.69) is 27.6 Å². The minimum absolute atomic E-state index is 0.129. The highest BCUT2D eigenvalue weighted by Crippen LogP contribution is 2.26. The van der Waals surface area contributed by atoms with E-state index in [-0.39, 0.29) is 12.1 Å². The molecule has 8 heteroatoms. The van der Waals surface area contributed by atoms with E-state index in [1.165, 1.54) is 0 Å². The topological polar surface area (TPSA) is 77.0 Å². The number of anilines is 1. The van der Waals surface area contributed by atoms with E-state index in [1.807, 2.05) is 43.3 Å². The molecule has 166 valence electrons. The van der Waals surface area contributed by atoms with Gasteiger partial charge in [-0.05, 0) is 37.6 Å². The summed E-state index contributed by atoms with van der Waals surface area (Å²) in [5.74, 6) is 2.82. The van der Waals surface area contributed by atoms with E-state index < -0.39 is 0 Å². The standard InChI is InChI=1S/C25H25N6O2/c1-16-12-22-30(25(32)23-20(31(16)22)8-5-10-26-23)14-21-27-19-7-4-3-6-18(19)24(28-21)29(2)13-17-9-11-33-15-17/h3-8,10,12,17H,9,11,13-15H2,1-2H3/q+1. The van der Waals surface area contributed by atoms with Crippen LogP contribution in [0.5, 0.6) is 0 Å². The Morgan fingerprint density at radius 1 is 1.21 bits per heavy atom. The number of aromatic nitrogens is 5. The van der Waals surface area contributed by atoms with Gasteiger partial charge in [-0.2, -0.15) is 9.13 Å². The number of allylic oxidation sites excluding steroid dienone is 1. The Labute approximate surface area is 190 Å². The summed E-state index contributed by atoms with van der Waals surface area (Å²) in [7, 11) is 2.07. The number of rotatable bonds is 5. The van der Waals surface area contributed by atoms with Crippen LogP contribution >= 0.6 is 0 Å². The van der Waals surface area contributed by atoms with Crippen LogP contribution in [0.1, 0.15) is 25.0 Å². The van der Waals surface area contributed by atoms with Crippen molar-refractivity contribution in [2.24, 2.45) is 5.92 Å². The van der Waals surface area contributed by atoms with Gasteiger partial charge in [-0.25, -0.2) is 19.7 Å². The molecule has 8 nitrogen and oxygen atoms in total. The van der Waals surface area contributed by atoms with Crippen molar-refractivity contribution >= 4 is 39.5 Å². The monoisotopic (exact) mass is 441 g/mol. The van der Waals surface area contributed by atoms with Crippen molar-refractivity contribution in [3.63, 3.8) is 0 Å². The first-order chi connectivity index (χ1) is 16.1. The molecular weight excluding hydrogens is 416 g/mol. The summed E-state index contributed by atoms with van der Waals surface area (Å²) in [4.78, 5) is 29.6. The summed E-state index contributed by atoms with van der Waals surface area (Å²) < 4.78 is 9.35. The van der Waals surface area contributed by atoms with Crippen LogP contribution in [0.2, 0.25) is 0 Å². The maximum absolute atomic E-state index is 13.3. The summed E-state index contributed by atoms with van der Waals surface area (Å²) in [5, 5.41) is 1.01. The molecule has 0 amide bonds. The first kappa shape index (κ1) is 20.0. The predicted octanol–water partition coefficient (Wildman–Crippen LogP) is 2.48. The van der Waals surface area contributed by atoms with Crippen molar-refractivity contribution in [2.45, 2.75) is 19.9 Å². The van der Waals surface area contributed by atoms with Crippen LogP contribution in [0.15, 0.2) is 47.4 Å². The SMILES string of the molecule is CC1=Cc2n(Cc3nc(N(C)CC4CCOC4)c4ccccc4n3)c(=O)c3ncccc3[n+]21. The first-order valence-electron chi connectivity index (χ1n) is 11.3. The molecule has 4 aromatic rings. The maximum atomic E-state index is 13.3. The molecule has 1 unspecified atom stereocenters. The van der Waals surface area contributed by atoms with Gasteiger partial charge in [0.2, 0.25) is 5.52 Å². The van der Waals surface area contributed by atoms with Crippen molar-refractivity contribution in [3.05, 3.63) is 64.6 Å². The van der Waals surface area contributed by atoms with E-state index in [4.69, 9.17) is 14.7 Å². The highest BCUT2D eigenvalue weighted by atomic mass is 16.5. The highest BCUT2D eigenvalue weighted by Gasteiger charge is 2.31. The Morgan fingerprint density at radius 3 is 2.91 bits per heavy atom. The second kappa shape index (κ2) is 7.74. The van der Waals surface area contributed by atoms with E-state index in [1.54, 1.807) is 10.8 Å². The van der Waals surface area contributed by atoms with Crippen molar-refractivity contribution in [2.75, 3.05) is 31.7 Å². The molecule has 0 saturated carbocycles. The number of hydrogen-bond acceptors (Lipinski definition) is 6. The Hall–Kier alpha value is -3.65. The van der Waals surface area contributed by atoms with E-state index in [9.17, 15) is 4.79 Å². The number of ether oxygens (including phenoxy) is 1. The zero-order valence-electron chi connectivity index (χ0n) is 18.7. The molecule has 1 aromatic carbocycles. The van der Waals surface area contributed by atoms with E-state index in [0.29, 0.717) is 17.3 Å². The molecule has 1 fully saturated rings. The first-order valence-corrected chi connectivity index (χ1v) is 11.3. The molecule has 0 radical (unpaired) electrons. The highest BCUT2D eigenvalue weighted by molar-refractivity contribution is 5.89. The number of hydrogen-bond donors (Lipinski definition) is 0. The lowest BCUT2D eigenvalue weighted by Gasteiger charge is -2.23. The van der Waals surface area contributed by atoms with Gasteiger partial charge in [0.25, 0.3) is 5.82 Å². The van der Waals surface area contributed by atoms with Gasteiger partial charge >= 0.3 is 5.56 Å². The number of fused-ring (bicyclic) bond motifs is 4. The van der Waals surface area contributed by atoms with Crippen LogP contribution in [0.4, 0.5) is 5.82 Å². The van der Waals surface area contributed by atoms with Gasteiger partial charge in [0.05, 0.1) is 18.2 Å². The molecule has 2 aliphatic rings. The minimum Gasteiger partial charge on any atom is -0.381 e. The van der Waals surface area contributed by atoms with E-state index >= 15 is 0 Å². The second-order valence-electron chi connectivity index (χ2n) is 8.83. The van der Waals surface area contributed by atoms with Crippen LogP contribution in [0, 0.1) is 5.92 Å². The van der Waals surface area contributed by atoms with Crippen molar-refractivity contribution in [1.82, 2.24) is 19.5 Å². The van der Waals surface area contributed by atoms with Gasteiger partial charge in [-0.1, -0.05) is 12.1 Å². The fourth-order valence-electron chi connectivity index (χ4n) is 4.88. The van der Waals surface area contributed by atoms with Gasteiger partial charge < -0.3 is 9.64 Å². The lowest BCUT2D eigenvalue weighted by molar-refractivity contribution is -0.572. The van der Waals surface area contributed by atoms with Gasteiger partial charge in [0, 0.05) is 37.7 Å². The molecule has 1 saturated heterocycles. The summed E-state index contributed by atoms with van der Waals surface area (Å²) in [6.45, 7) is 4.79. The largest absolute Gasteiger partial charge is 0.381 e. The molecule has 33 heavy (non-hydrogen) atoms. The molecular formula is C25H25N6O2+. The maximum Gasteiger partial charge on any atom is 0.364 e. The zero-order valence-corrected chi connectivity index (χ0v) is 18.7. The smallest absolute Gasteiger partial charge is 0.364 e. The Balaban J connectivity index is 1.45. The lowest BCUT2D eigenvalue weighted by Crippen LogP contribution is -2.49. The lowest BCUT2D eigenvalue weighted by atomic mass is 10.1. The minimum atomic E-state index is -0.129. The molecule has 6 rings (SSSR count). The normalized spacial score (nSPS) is 17.2. The van der Waals surface area contributed by atoms with Crippen molar-refractivity contribution < 1.29 is 9.30 Å². The van der Waals surface area contributed by atoms with Gasteiger partial charge in [0.15, 0.2) is 17.9 Å². The average Bonchev–Trinajstić information content (AvgIpc) is 3.33. The molecule has 5 heterocycles. The molecule has 0 aliphatic carbocycles. The fraction of sp³-hybridized carbons (Fsp3) is 0.320. The van der Waals surface area contributed by atoms with Crippen molar-refractivity contribution in [1.29, 1.82) is 0 Å². The zero-order chi connectivity index (χ0) is 22.5. The third kappa shape index (κ3) is 3.29. The Morgan fingerprint density at radius 2 is 2.09 bits per heavy atom. The molecule has 1 atom stereocenters. The van der Waals surface area contributed by atoms with Crippen LogP contribution in [-0.2, 0) is 11.3 Å².